The second-order valence-corrected chi connectivity index (χ2v) is 7.64. The number of hydrogen-bond acceptors (Lipinski definition) is 9. The van der Waals surface area contributed by atoms with Gasteiger partial charge in [-0.1, -0.05) is 11.8 Å². The standard InChI is InChI=1S/C20H14F4N4O6S/c1-27-15(20(22,23)24)8-16(29)28(19(27)31)12-7-14(11(26-32)6-10(12)21)34-13-4-3-5-25-18(13)35-9-17(30)33-2/h3-8H,9H2,1-2H3. The van der Waals surface area contributed by atoms with Crippen LogP contribution in [-0.4, -0.2) is 33.0 Å². The zero-order valence-corrected chi connectivity index (χ0v) is 18.6. The third-order valence-electron chi connectivity index (χ3n) is 4.49. The van der Waals surface area contributed by atoms with Crippen molar-refractivity contribution in [3.05, 3.63) is 73.8 Å². The molecule has 1 aromatic carbocycles. The van der Waals surface area contributed by atoms with Gasteiger partial charge in [0.1, 0.15) is 16.5 Å². The second kappa shape index (κ2) is 10.1. The van der Waals surface area contributed by atoms with Crippen molar-refractivity contribution in [3.63, 3.8) is 0 Å². The Labute approximate surface area is 197 Å². The molecule has 0 amide bonds. The molecular weight excluding hydrogens is 500 g/mol. The Bertz CT molecular complexity index is 1420. The summed E-state index contributed by atoms with van der Waals surface area (Å²) in [6, 6.07) is 4.30. The van der Waals surface area contributed by atoms with Crippen LogP contribution in [0.5, 0.6) is 11.5 Å². The maximum absolute atomic E-state index is 14.7. The van der Waals surface area contributed by atoms with E-state index in [4.69, 9.17) is 4.74 Å². The van der Waals surface area contributed by atoms with E-state index in [-0.39, 0.29) is 31.7 Å². The Morgan fingerprint density at radius 3 is 2.54 bits per heavy atom. The lowest BCUT2D eigenvalue weighted by molar-refractivity contribution is -0.144. The number of carbonyl (C=O) groups is 1. The molecule has 2 heterocycles. The molecule has 35 heavy (non-hydrogen) atoms. The number of carbonyl (C=O) groups excluding carboxylic acids is 1. The number of alkyl halides is 3. The lowest BCUT2D eigenvalue weighted by Gasteiger charge is -2.16. The van der Waals surface area contributed by atoms with Crippen molar-refractivity contribution in [3.8, 4) is 17.2 Å². The number of halogens is 4. The molecule has 0 unspecified atom stereocenters. The van der Waals surface area contributed by atoms with Crippen LogP contribution in [-0.2, 0) is 22.8 Å². The van der Waals surface area contributed by atoms with Crippen LogP contribution in [0.15, 0.2) is 56.3 Å². The number of esters is 1. The lowest BCUT2D eigenvalue weighted by atomic mass is 10.2. The Morgan fingerprint density at radius 1 is 1.20 bits per heavy atom. The molecule has 2 aromatic heterocycles. The molecule has 0 fully saturated rings. The van der Waals surface area contributed by atoms with Gasteiger partial charge in [0.25, 0.3) is 5.56 Å². The van der Waals surface area contributed by atoms with E-state index in [1.807, 2.05) is 0 Å². The molecule has 0 saturated heterocycles. The van der Waals surface area contributed by atoms with E-state index in [0.29, 0.717) is 6.07 Å². The van der Waals surface area contributed by atoms with E-state index < -0.39 is 52.0 Å². The highest BCUT2D eigenvalue weighted by molar-refractivity contribution is 8.00. The first-order valence-corrected chi connectivity index (χ1v) is 10.4. The number of nitrogens with zero attached hydrogens (tertiary/aromatic N) is 4. The SMILES string of the molecule is COC(=O)CSc1ncccc1Oc1cc(-n2c(=O)cc(C(F)(F)F)n(C)c2=O)c(F)cc1N=O. The maximum Gasteiger partial charge on any atom is 0.431 e. The quantitative estimate of drug-likeness (QED) is 0.203. The fourth-order valence-corrected chi connectivity index (χ4v) is 3.60. The Hall–Kier alpha value is -4.01. The second-order valence-electron chi connectivity index (χ2n) is 6.68. The van der Waals surface area contributed by atoms with Crippen molar-refractivity contribution in [1.29, 1.82) is 0 Å². The van der Waals surface area contributed by atoms with Crippen LogP contribution < -0.4 is 16.0 Å². The maximum atomic E-state index is 14.7. The van der Waals surface area contributed by atoms with Crippen LogP contribution in [0.25, 0.3) is 5.69 Å². The lowest BCUT2D eigenvalue weighted by Crippen LogP contribution is -2.41. The van der Waals surface area contributed by atoms with Crippen LogP contribution in [0, 0.1) is 10.7 Å². The van der Waals surface area contributed by atoms with Crippen molar-refractivity contribution in [1.82, 2.24) is 14.1 Å². The van der Waals surface area contributed by atoms with Crippen molar-refractivity contribution in [2.75, 3.05) is 12.9 Å². The van der Waals surface area contributed by atoms with E-state index in [1.54, 1.807) is 0 Å². The molecule has 0 aliphatic heterocycles. The van der Waals surface area contributed by atoms with Crippen LogP contribution in [0.4, 0.5) is 23.2 Å². The van der Waals surface area contributed by atoms with E-state index in [0.717, 1.165) is 24.9 Å². The molecule has 0 bridgehead atoms. The van der Waals surface area contributed by atoms with Crippen molar-refractivity contribution < 1.29 is 31.8 Å². The van der Waals surface area contributed by atoms with Gasteiger partial charge in [-0.15, -0.1) is 4.91 Å². The molecule has 15 heteroatoms. The van der Waals surface area contributed by atoms with Crippen LogP contribution in [0.2, 0.25) is 0 Å². The molecule has 184 valence electrons. The first kappa shape index (κ1) is 25.6. The van der Waals surface area contributed by atoms with Gasteiger partial charge < -0.3 is 9.47 Å². The normalized spacial score (nSPS) is 11.3. The first-order valence-electron chi connectivity index (χ1n) is 9.38. The number of benzene rings is 1. The summed E-state index contributed by atoms with van der Waals surface area (Å²) in [5.41, 5.74) is -5.84. The van der Waals surface area contributed by atoms with Gasteiger partial charge in [0, 0.05) is 31.4 Å². The van der Waals surface area contributed by atoms with Gasteiger partial charge in [-0.2, -0.15) is 13.2 Å². The number of ether oxygens (including phenoxy) is 2. The summed E-state index contributed by atoms with van der Waals surface area (Å²) in [4.78, 5) is 51.6. The topological polar surface area (TPSA) is 122 Å². The highest BCUT2D eigenvalue weighted by Gasteiger charge is 2.35. The summed E-state index contributed by atoms with van der Waals surface area (Å²) >= 11 is 0.918. The summed E-state index contributed by atoms with van der Waals surface area (Å²) in [7, 11) is 1.95. The molecule has 0 aliphatic rings. The summed E-state index contributed by atoms with van der Waals surface area (Å²) < 4.78 is 64.5. The number of thioether (sulfide) groups is 1. The molecule has 0 atom stereocenters. The molecule has 0 radical (unpaired) electrons. The Morgan fingerprint density at radius 2 is 1.91 bits per heavy atom. The number of pyridine rings is 1. The minimum atomic E-state index is -5.01. The van der Waals surface area contributed by atoms with Gasteiger partial charge in [0.05, 0.1) is 18.6 Å². The van der Waals surface area contributed by atoms with Crippen molar-refractivity contribution in [2.45, 2.75) is 11.2 Å². The number of aromatic nitrogens is 3. The zero-order chi connectivity index (χ0) is 25.9. The van der Waals surface area contributed by atoms with Gasteiger partial charge in [0.15, 0.2) is 17.2 Å². The molecular formula is C20H14F4N4O6S. The van der Waals surface area contributed by atoms with E-state index in [9.17, 15) is 36.9 Å². The Kier molecular flexibility index (Phi) is 7.38. The molecule has 0 aliphatic carbocycles. The fourth-order valence-electron chi connectivity index (χ4n) is 2.84. The summed E-state index contributed by atoms with van der Waals surface area (Å²) in [6.45, 7) is 0. The average Bonchev–Trinajstić information content (AvgIpc) is 2.81. The highest BCUT2D eigenvalue weighted by atomic mass is 32.2. The molecule has 0 saturated carbocycles. The summed E-state index contributed by atoms with van der Waals surface area (Å²) in [6.07, 6.45) is -3.63. The third kappa shape index (κ3) is 5.40. The van der Waals surface area contributed by atoms with Crippen LogP contribution in [0.3, 0.4) is 0 Å². The number of nitroso groups, excluding NO2 is 1. The predicted molar refractivity (Wildman–Crippen MR) is 115 cm³/mol. The van der Waals surface area contributed by atoms with E-state index in [2.05, 4.69) is 14.9 Å². The fraction of sp³-hybridized carbons (Fsp3) is 0.200. The third-order valence-corrected chi connectivity index (χ3v) is 5.45. The van der Waals surface area contributed by atoms with E-state index >= 15 is 0 Å². The molecule has 0 N–H and O–H groups in total. The smallest absolute Gasteiger partial charge is 0.431 e. The average molecular weight is 514 g/mol. The Balaban J connectivity index is 2.13. The monoisotopic (exact) mass is 514 g/mol. The zero-order valence-electron chi connectivity index (χ0n) is 17.8. The molecule has 10 nitrogen and oxygen atoms in total. The van der Waals surface area contributed by atoms with Gasteiger partial charge >= 0.3 is 17.8 Å². The van der Waals surface area contributed by atoms with Gasteiger partial charge in [0.2, 0.25) is 0 Å². The largest absolute Gasteiger partial charge is 0.468 e. The van der Waals surface area contributed by atoms with E-state index in [1.165, 1.54) is 25.4 Å². The molecule has 0 spiro atoms. The minimum Gasteiger partial charge on any atom is -0.468 e. The molecule has 3 rings (SSSR count). The van der Waals surface area contributed by atoms with Crippen LogP contribution in [0.1, 0.15) is 5.69 Å². The number of rotatable bonds is 7. The van der Waals surface area contributed by atoms with Crippen molar-refractivity contribution >= 4 is 23.4 Å². The predicted octanol–water partition coefficient (Wildman–Crippen LogP) is 3.54. The highest BCUT2D eigenvalue weighted by Crippen LogP contribution is 2.38. The first-order chi connectivity index (χ1) is 16.5. The number of methoxy groups -OCH3 is 1. The van der Waals surface area contributed by atoms with Crippen molar-refractivity contribution in [2.24, 2.45) is 12.2 Å². The minimum absolute atomic E-state index is 0.00321. The summed E-state index contributed by atoms with van der Waals surface area (Å²) in [5.74, 6) is -2.44. The summed E-state index contributed by atoms with van der Waals surface area (Å²) in [5, 5.41) is 2.82. The molecule has 3 aromatic rings. The van der Waals surface area contributed by atoms with Crippen LogP contribution >= 0.6 is 11.8 Å². The number of hydrogen-bond donors (Lipinski definition) is 0. The van der Waals surface area contributed by atoms with Gasteiger partial charge in [-0.05, 0) is 17.3 Å². The van der Waals surface area contributed by atoms with Gasteiger partial charge in [-0.3, -0.25) is 14.2 Å². The van der Waals surface area contributed by atoms with Gasteiger partial charge in [-0.25, -0.2) is 18.7 Å².